The van der Waals surface area contributed by atoms with Crippen LogP contribution in [0.25, 0.3) is 0 Å². The Morgan fingerprint density at radius 2 is 0.944 bits per heavy atom. The van der Waals surface area contributed by atoms with E-state index in [2.05, 4.69) is 24.3 Å². The van der Waals surface area contributed by atoms with Crippen LogP contribution in [0.4, 0.5) is 0 Å². The summed E-state index contributed by atoms with van der Waals surface area (Å²) in [5.41, 5.74) is 2.43. The molecule has 0 spiro atoms. The first-order chi connectivity index (χ1) is 8.73. The SMILES string of the molecule is COP(Cc1ccc(CP(OC)OC)cc1)OC. The molecule has 18 heavy (non-hydrogen) atoms. The summed E-state index contributed by atoms with van der Waals surface area (Å²) in [4.78, 5) is 0. The topological polar surface area (TPSA) is 36.9 Å². The highest BCUT2D eigenvalue weighted by molar-refractivity contribution is 7.46. The van der Waals surface area contributed by atoms with Gasteiger partial charge in [-0.1, -0.05) is 24.3 Å². The minimum Gasteiger partial charge on any atom is -0.337 e. The van der Waals surface area contributed by atoms with Crippen molar-refractivity contribution in [2.24, 2.45) is 0 Å². The first kappa shape index (κ1) is 16.0. The molecular formula is C12H20O4P2. The maximum atomic E-state index is 5.24. The van der Waals surface area contributed by atoms with E-state index in [9.17, 15) is 0 Å². The Morgan fingerprint density at radius 3 is 1.17 bits per heavy atom. The molecule has 0 aromatic heterocycles. The van der Waals surface area contributed by atoms with Gasteiger partial charge in [-0.15, -0.1) is 0 Å². The molecule has 0 radical (unpaired) electrons. The third-order valence-corrected chi connectivity index (χ3v) is 5.34. The first-order valence-electron chi connectivity index (χ1n) is 5.52. The maximum Gasteiger partial charge on any atom is 0.174 e. The third kappa shape index (κ3) is 5.27. The van der Waals surface area contributed by atoms with Crippen molar-refractivity contribution in [2.75, 3.05) is 28.4 Å². The van der Waals surface area contributed by atoms with Crippen LogP contribution in [0.2, 0.25) is 0 Å². The second-order valence-corrected chi connectivity index (χ2v) is 6.95. The van der Waals surface area contributed by atoms with E-state index < -0.39 is 16.8 Å². The van der Waals surface area contributed by atoms with Gasteiger partial charge in [0.25, 0.3) is 0 Å². The summed E-state index contributed by atoms with van der Waals surface area (Å²) in [7, 11) is 5.08. The smallest absolute Gasteiger partial charge is 0.174 e. The number of benzene rings is 1. The molecule has 102 valence electrons. The van der Waals surface area contributed by atoms with Crippen molar-refractivity contribution in [3.8, 4) is 0 Å². The van der Waals surface area contributed by atoms with E-state index in [0.717, 1.165) is 12.3 Å². The van der Waals surface area contributed by atoms with Crippen molar-refractivity contribution in [3.05, 3.63) is 35.4 Å². The van der Waals surface area contributed by atoms with Crippen molar-refractivity contribution in [1.82, 2.24) is 0 Å². The normalized spacial score (nSPS) is 11.4. The quantitative estimate of drug-likeness (QED) is 0.680. The van der Waals surface area contributed by atoms with Gasteiger partial charge in [-0.05, 0) is 11.1 Å². The molecule has 1 aromatic rings. The molecule has 1 rings (SSSR count). The lowest BCUT2D eigenvalue weighted by Crippen LogP contribution is -1.91. The second kappa shape index (κ2) is 8.92. The van der Waals surface area contributed by atoms with Gasteiger partial charge >= 0.3 is 0 Å². The van der Waals surface area contributed by atoms with Crippen LogP contribution in [0, 0.1) is 0 Å². The van der Waals surface area contributed by atoms with Crippen molar-refractivity contribution in [3.63, 3.8) is 0 Å². The van der Waals surface area contributed by atoms with Crippen molar-refractivity contribution in [2.45, 2.75) is 12.3 Å². The van der Waals surface area contributed by atoms with Gasteiger partial charge in [0, 0.05) is 40.8 Å². The number of rotatable bonds is 8. The molecule has 0 fully saturated rings. The van der Waals surface area contributed by atoms with Gasteiger partial charge in [0.2, 0.25) is 0 Å². The van der Waals surface area contributed by atoms with Crippen LogP contribution in [0.3, 0.4) is 0 Å². The number of hydrogen-bond acceptors (Lipinski definition) is 4. The monoisotopic (exact) mass is 290 g/mol. The summed E-state index contributed by atoms with van der Waals surface area (Å²) >= 11 is 0. The molecule has 0 aliphatic carbocycles. The standard InChI is InChI=1S/C12H20O4P2/c1-13-17(14-2)9-11-5-7-12(8-6-11)10-18(15-3)16-4/h5-8H,9-10H2,1-4H3. The van der Waals surface area contributed by atoms with E-state index in [1.54, 1.807) is 28.4 Å². The Kier molecular flexibility index (Phi) is 7.92. The summed E-state index contributed by atoms with van der Waals surface area (Å²) in [6, 6.07) is 8.40. The van der Waals surface area contributed by atoms with E-state index in [1.165, 1.54) is 11.1 Å². The molecule has 0 saturated heterocycles. The van der Waals surface area contributed by atoms with Gasteiger partial charge in [0.15, 0.2) is 16.8 Å². The van der Waals surface area contributed by atoms with Gasteiger partial charge in [-0.25, -0.2) is 0 Å². The van der Waals surface area contributed by atoms with E-state index in [-0.39, 0.29) is 0 Å². The van der Waals surface area contributed by atoms with Gasteiger partial charge in [0.05, 0.1) is 0 Å². The highest BCUT2D eigenvalue weighted by atomic mass is 31.2. The molecule has 0 saturated carbocycles. The fourth-order valence-corrected chi connectivity index (χ4v) is 3.29. The van der Waals surface area contributed by atoms with Crippen LogP contribution in [0.1, 0.15) is 11.1 Å². The largest absolute Gasteiger partial charge is 0.337 e. The molecule has 0 unspecified atom stereocenters. The van der Waals surface area contributed by atoms with E-state index in [1.807, 2.05) is 0 Å². The molecule has 1 aromatic carbocycles. The van der Waals surface area contributed by atoms with Gasteiger partial charge in [0.1, 0.15) is 0 Å². The molecule has 0 amide bonds. The van der Waals surface area contributed by atoms with Crippen LogP contribution in [-0.4, -0.2) is 28.4 Å². The Balaban J connectivity index is 2.56. The predicted octanol–water partition coefficient (Wildman–Crippen LogP) is 3.90. The van der Waals surface area contributed by atoms with Crippen molar-refractivity contribution < 1.29 is 18.1 Å². The molecule has 0 N–H and O–H groups in total. The summed E-state index contributed by atoms with van der Waals surface area (Å²) in [5.74, 6) is 0. The Bertz CT molecular complexity index is 290. The molecular weight excluding hydrogens is 270 g/mol. The second-order valence-electron chi connectivity index (χ2n) is 3.53. The summed E-state index contributed by atoms with van der Waals surface area (Å²) < 4.78 is 21.0. The molecule has 0 heterocycles. The van der Waals surface area contributed by atoms with Gasteiger partial charge in [-0.3, -0.25) is 0 Å². The summed E-state index contributed by atoms with van der Waals surface area (Å²) in [6.07, 6.45) is 1.62. The third-order valence-electron chi connectivity index (χ3n) is 2.46. The van der Waals surface area contributed by atoms with Crippen LogP contribution in [0.15, 0.2) is 24.3 Å². The molecule has 4 nitrogen and oxygen atoms in total. The zero-order valence-corrected chi connectivity index (χ0v) is 13.0. The predicted molar refractivity (Wildman–Crippen MR) is 75.7 cm³/mol. The molecule has 0 atom stereocenters. The molecule has 0 aliphatic rings. The zero-order valence-electron chi connectivity index (χ0n) is 11.3. The molecule has 0 aliphatic heterocycles. The Morgan fingerprint density at radius 1 is 0.667 bits per heavy atom. The average Bonchev–Trinajstić information content (AvgIpc) is 2.43. The minimum atomic E-state index is -0.810. The lowest BCUT2D eigenvalue weighted by atomic mass is 10.2. The first-order valence-corrected chi connectivity index (χ1v) is 8.25. The fraction of sp³-hybridized carbons (Fsp3) is 0.500. The van der Waals surface area contributed by atoms with Gasteiger partial charge in [-0.2, -0.15) is 0 Å². The highest BCUT2D eigenvalue weighted by Crippen LogP contribution is 2.41. The maximum absolute atomic E-state index is 5.24. The molecule has 6 heteroatoms. The summed E-state index contributed by atoms with van der Waals surface area (Å²) in [5, 5.41) is 0. The number of hydrogen-bond donors (Lipinski definition) is 0. The van der Waals surface area contributed by atoms with E-state index in [0.29, 0.717) is 0 Å². The fourth-order valence-electron chi connectivity index (χ4n) is 1.46. The van der Waals surface area contributed by atoms with E-state index in [4.69, 9.17) is 18.1 Å². The average molecular weight is 290 g/mol. The van der Waals surface area contributed by atoms with Crippen LogP contribution in [0.5, 0.6) is 0 Å². The minimum absolute atomic E-state index is 0.810. The lowest BCUT2D eigenvalue weighted by Gasteiger charge is -2.14. The zero-order chi connectivity index (χ0) is 13.4. The van der Waals surface area contributed by atoms with Crippen LogP contribution < -0.4 is 0 Å². The van der Waals surface area contributed by atoms with Crippen molar-refractivity contribution in [1.29, 1.82) is 0 Å². The summed E-state index contributed by atoms with van der Waals surface area (Å²) in [6.45, 7) is 0. The Labute approximate surface area is 111 Å². The van der Waals surface area contributed by atoms with Crippen LogP contribution >= 0.6 is 16.8 Å². The lowest BCUT2D eigenvalue weighted by molar-refractivity contribution is 0.339. The van der Waals surface area contributed by atoms with Crippen LogP contribution in [-0.2, 0) is 30.4 Å². The molecule has 0 bridgehead atoms. The van der Waals surface area contributed by atoms with E-state index >= 15 is 0 Å². The van der Waals surface area contributed by atoms with Crippen molar-refractivity contribution >= 4 is 16.8 Å². The van der Waals surface area contributed by atoms with Gasteiger partial charge < -0.3 is 18.1 Å². The Hall–Kier alpha value is -0.0800. The highest BCUT2D eigenvalue weighted by Gasteiger charge is 2.10.